The van der Waals surface area contributed by atoms with E-state index in [1.807, 2.05) is 17.9 Å². The van der Waals surface area contributed by atoms with Gasteiger partial charge in [-0.1, -0.05) is 26.2 Å². The first-order valence-corrected chi connectivity index (χ1v) is 7.00. The quantitative estimate of drug-likeness (QED) is 0.850. The summed E-state index contributed by atoms with van der Waals surface area (Å²) in [7, 11) is 1.98. The molecule has 96 valence electrons. The van der Waals surface area contributed by atoms with E-state index < -0.39 is 0 Å². The second-order valence-electron chi connectivity index (χ2n) is 5.32. The van der Waals surface area contributed by atoms with Crippen LogP contribution in [0.15, 0.2) is 12.3 Å². The fraction of sp³-hybridized carbons (Fsp3) is 0.786. The fourth-order valence-corrected chi connectivity index (χ4v) is 2.85. The van der Waals surface area contributed by atoms with Gasteiger partial charge in [0.2, 0.25) is 0 Å². The van der Waals surface area contributed by atoms with Gasteiger partial charge < -0.3 is 5.32 Å². The van der Waals surface area contributed by atoms with Crippen LogP contribution in [0.4, 0.5) is 0 Å². The van der Waals surface area contributed by atoms with Gasteiger partial charge in [0.15, 0.2) is 0 Å². The summed E-state index contributed by atoms with van der Waals surface area (Å²) in [6.45, 7) is 3.39. The largest absolute Gasteiger partial charge is 0.314 e. The van der Waals surface area contributed by atoms with E-state index in [1.165, 1.54) is 37.8 Å². The van der Waals surface area contributed by atoms with Crippen molar-refractivity contribution in [3.8, 4) is 0 Å². The van der Waals surface area contributed by atoms with Gasteiger partial charge >= 0.3 is 0 Å². The summed E-state index contributed by atoms with van der Waals surface area (Å²) in [6.07, 6.45) is 9.99. The lowest BCUT2D eigenvalue weighted by Crippen LogP contribution is -2.35. The Kier molecular flexibility index (Phi) is 4.60. The van der Waals surface area contributed by atoms with Crippen LogP contribution >= 0.6 is 0 Å². The topological polar surface area (TPSA) is 29.9 Å². The molecule has 2 unspecified atom stereocenters. The van der Waals surface area contributed by atoms with E-state index in [-0.39, 0.29) is 0 Å². The van der Waals surface area contributed by atoms with Crippen molar-refractivity contribution in [2.45, 2.75) is 51.5 Å². The van der Waals surface area contributed by atoms with Gasteiger partial charge in [0.1, 0.15) is 0 Å². The Labute approximate surface area is 105 Å². The number of hydrogen-bond donors (Lipinski definition) is 1. The third kappa shape index (κ3) is 3.84. The van der Waals surface area contributed by atoms with E-state index >= 15 is 0 Å². The highest BCUT2D eigenvalue weighted by Crippen LogP contribution is 2.26. The highest BCUT2D eigenvalue weighted by atomic mass is 15.2. The van der Waals surface area contributed by atoms with Gasteiger partial charge in [-0.05, 0) is 24.8 Å². The minimum absolute atomic E-state index is 0.748. The van der Waals surface area contributed by atoms with Crippen LogP contribution in [-0.4, -0.2) is 22.4 Å². The first-order valence-electron chi connectivity index (χ1n) is 7.00. The summed E-state index contributed by atoms with van der Waals surface area (Å²) >= 11 is 0. The third-order valence-corrected chi connectivity index (χ3v) is 3.94. The first kappa shape index (κ1) is 12.6. The standard InChI is InChI=1S/C14H25N3/c1-3-12-5-4-6-14(11-12)15-9-7-13-8-10-17(2)16-13/h8,10,12,14-15H,3-7,9,11H2,1-2H3. The fourth-order valence-electron chi connectivity index (χ4n) is 2.85. The van der Waals surface area contributed by atoms with Crippen LogP contribution in [-0.2, 0) is 13.5 Å². The Morgan fingerprint density at radius 2 is 2.35 bits per heavy atom. The summed E-state index contributed by atoms with van der Waals surface area (Å²) in [5.74, 6) is 0.955. The molecule has 0 amide bonds. The molecular formula is C14H25N3. The molecule has 0 aromatic carbocycles. The summed E-state index contributed by atoms with van der Waals surface area (Å²) in [5.41, 5.74) is 1.20. The van der Waals surface area contributed by atoms with Crippen molar-refractivity contribution in [1.29, 1.82) is 0 Å². The first-order chi connectivity index (χ1) is 8.28. The van der Waals surface area contributed by atoms with Crippen molar-refractivity contribution in [2.75, 3.05) is 6.54 Å². The molecule has 0 spiro atoms. The molecule has 1 aromatic heterocycles. The highest BCUT2D eigenvalue weighted by Gasteiger charge is 2.19. The van der Waals surface area contributed by atoms with Gasteiger partial charge in [-0.2, -0.15) is 5.10 Å². The summed E-state index contributed by atoms with van der Waals surface area (Å²) in [5, 5.41) is 8.10. The summed E-state index contributed by atoms with van der Waals surface area (Å²) in [6, 6.07) is 2.86. The van der Waals surface area contributed by atoms with E-state index in [2.05, 4.69) is 23.4 Å². The van der Waals surface area contributed by atoms with Gasteiger partial charge in [0.05, 0.1) is 5.69 Å². The Hall–Kier alpha value is -0.830. The number of hydrogen-bond acceptors (Lipinski definition) is 2. The second kappa shape index (κ2) is 6.20. The molecule has 1 heterocycles. The number of nitrogens with zero attached hydrogens (tertiary/aromatic N) is 2. The highest BCUT2D eigenvalue weighted by molar-refractivity contribution is 4.99. The average Bonchev–Trinajstić information content (AvgIpc) is 2.75. The molecule has 3 heteroatoms. The predicted molar refractivity (Wildman–Crippen MR) is 71.0 cm³/mol. The molecule has 0 bridgehead atoms. The van der Waals surface area contributed by atoms with Crippen molar-refractivity contribution < 1.29 is 0 Å². The van der Waals surface area contributed by atoms with Crippen LogP contribution in [0.2, 0.25) is 0 Å². The molecule has 1 fully saturated rings. The van der Waals surface area contributed by atoms with Crippen molar-refractivity contribution in [2.24, 2.45) is 13.0 Å². The predicted octanol–water partition coefficient (Wildman–Crippen LogP) is 2.52. The van der Waals surface area contributed by atoms with E-state index in [1.54, 1.807) is 0 Å². The van der Waals surface area contributed by atoms with Gasteiger partial charge in [0, 0.05) is 32.3 Å². The van der Waals surface area contributed by atoms with E-state index in [0.717, 1.165) is 24.9 Å². The molecule has 1 aliphatic carbocycles. The molecular weight excluding hydrogens is 210 g/mol. The monoisotopic (exact) mass is 235 g/mol. The lowest BCUT2D eigenvalue weighted by molar-refractivity contribution is 0.280. The molecule has 1 N–H and O–H groups in total. The molecule has 3 nitrogen and oxygen atoms in total. The zero-order valence-corrected chi connectivity index (χ0v) is 11.2. The molecule has 1 saturated carbocycles. The van der Waals surface area contributed by atoms with Crippen molar-refractivity contribution in [1.82, 2.24) is 15.1 Å². The molecule has 0 aliphatic heterocycles. The second-order valence-corrected chi connectivity index (χ2v) is 5.32. The molecule has 1 aliphatic rings. The summed E-state index contributed by atoms with van der Waals surface area (Å²) in [4.78, 5) is 0. The SMILES string of the molecule is CCC1CCCC(NCCc2ccn(C)n2)C1. The van der Waals surface area contributed by atoms with Gasteiger partial charge in [-0.3, -0.25) is 4.68 Å². The van der Waals surface area contributed by atoms with E-state index in [9.17, 15) is 0 Å². The minimum atomic E-state index is 0.748. The third-order valence-electron chi connectivity index (χ3n) is 3.94. The van der Waals surface area contributed by atoms with Crippen molar-refractivity contribution >= 4 is 0 Å². The molecule has 1 aromatic rings. The van der Waals surface area contributed by atoms with Crippen molar-refractivity contribution in [3.05, 3.63) is 18.0 Å². The van der Waals surface area contributed by atoms with Gasteiger partial charge in [-0.15, -0.1) is 0 Å². The number of aryl methyl sites for hydroxylation is 1. The molecule has 2 rings (SSSR count). The van der Waals surface area contributed by atoms with Crippen LogP contribution in [0.25, 0.3) is 0 Å². The number of rotatable bonds is 5. The maximum atomic E-state index is 4.40. The molecule has 0 radical (unpaired) electrons. The lowest BCUT2D eigenvalue weighted by atomic mass is 9.84. The zero-order chi connectivity index (χ0) is 12.1. The summed E-state index contributed by atoms with van der Waals surface area (Å²) < 4.78 is 1.88. The maximum absolute atomic E-state index is 4.40. The normalized spacial score (nSPS) is 25.1. The number of aromatic nitrogens is 2. The van der Waals surface area contributed by atoms with Crippen LogP contribution in [0.3, 0.4) is 0 Å². The maximum Gasteiger partial charge on any atom is 0.0637 e. The van der Waals surface area contributed by atoms with Crippen molar-refractivity contribution in [3.63, 3.8) is 0 Å². The van der Waals surface area contributed by atoms with E-state index in [0.29, 0.717) is 0 Å². The van der Waals surface area contributed by atoms with Crippen LogP contribution in [0, 0.1) is 5.92 Å². The Morgan fingerprint density at radius 1 is 1.47 bits per heavy atom. The number of nitrogens with one attached hydrogen (secondary N) is 1. The Balaban J connectivity index is 1.68. The van der Waals surface area contributed by atoms with Gasteiger partial charge in [-0.25, -0.2) is 0 Å². The smallest absolute Gasteiger partial charge is 0.0637 e. The van der Waals surface area contributed by atoms with Gasteiger partial charge in [0.25, 0.3) is 0 Å². The molecule has 0 saturated heterocycles. The zero-order valence-electron chi connectivity index (χ0n) is 11.2. The van der Waals surface area contributed by atoms with Crippen LogP contribution in [0.1, 0.15) is 44.7 Å². The van der Waals surface area contributed by atoms with Crippen LogP contribution < -0.4 is 5.32 Å². The minimum Gasteiger partial charge on any atom is -0.314 e. The molecule has 2 atom stereocenters. The van der Waals surface area contributed by atoms with E-state index in [4.69, 9.17) is 0 Å². The van der Waals surface area contributed by atoms with Crippen LogP contribution in [0.5, 0.6) is 0 Å². The molecule has 17 heavy (non-hydrogen) atoms. The Morgan fingerprint density at radius 3 is 3.06 bits per heavy atom. The average molecular weight is 235 g/mol. The Bertz CT molecular complexity index is 332. The lowest BCUT2D eigenvalue weighted by Gasteiger charge is -2.29.